The first-order valence-corrected chi connectivity index (χ1v) is 17.5. The van der Waals surface area contributed by atoms with Gasteiger partial charge in [0.25, 0.3) is 0 Å². The number of alkyl halides is 2. The molecule has 1 aromatic heterocycles. The van der Waals surface area contributed by atoms with Gasteiger partial charge in [0, 0.05) is 21.3 Å². The SMILES string of the molecule is CCc1ccc(N(Cc2ccc(C(F)(F)P(=O)(O)O)c(Br)c2)c2ncc(-c3cccc(Oc4ccccc4C(=O)O)c3)o2)cc1C1CC1. The van der Waals surface area contributed by atoms with Crippen molar-refractivity contribution < 1.29 is 42.2 Å². The van der Waals surface area contributed by atoms with Gasteiger partial charge in [-0.2, -0.15) is 8.78 Å². The summed E-state index contributed by atoms with van der Waals surface area (Å²) in [5, 5.41) is 9.53. The summed E-state index contributed by atoms with van der Waals surface area (Å²) < 4.78 is 52.7. The molecule has 1 aliphatic rings. The minimum Gasteiger partial charge on any atom is -0.478 e. The Labute approximate surface area is 283 Å². The first kappa shape index (κ1) is 33.5. The summed E-state index contributed by atoms with van der Waals surface area (Å²) >= 11 is 3.09. The number of rotatable bonds is 12. The number of nitrogens with zero attached hydrogens (tertiary/aromatic N) is 2. The average Bonchev–Trinajstić information content (AvgIpc) is 3.79. The molecule has 0 atom stereocenters. The highest BCUT2D eigenvalue weighted by molar-refractivity contribution is 9.10. The number of oxazole rings is 1. The van der Waals surface area contributed by atoms with Crippen LogP contribution in [0.2, 0.25) is 0 Å². The topological polar surface area (TPSA) is 133 Å². The molecule has 9 nitrogen and oxygen atoms in total. The highest BCUT2D eigenvalue weighted by Crippen LogP contribution is 2.60. The van der Waals surface area contributed by atoms with Gasteiger partial charge in [0.05, 0.1) is 12.7 Å². The second-order valence-corrected chi connectivity index (χ2v) is 13.9. The van der Waals surface area contributed by atoms with Crippen LogP contribution in [0.15, 0.2) is 100 Å². The molecule has 48 heavy (non-hydrogen) atoms. The lowest BCUT2D eigenvalue weighted by Crippen LogP contribution is -2.18. The number of benzene rings is 4. The molecule has 3 N–H and O–H groups in total. The minimum atomic E-state index is -5.76. The van der Waals surface area contributed by atoms with Gasteiger partial charge >= 0.3 is 25.2 Å². The Hall–Kier alpha value is -4.35. The Morgan fingerprint density at radius 2 is 1.83 bits per heavy atom. The Morgan fingerprint density at radius 1 is 1.06 bits per heavy atom. The van der Waals surface area contributed by atoms with Crippen molar-refractivity contribution in [2.45, 2.75) is 44.3 Å². The summed E-state index contributed by atoms with van der Waals surface area (Å²) in [7, 11) is -5.76. The van der Waals surface area contributed by atoms with Crippen LogP contribution in [0.1, 0.15) is 58.3 Å². The van der Waals surface area contributed by atoms with Gasteiger partial charge in [-0.1, -0.05) is 65.3 Å². The number of carboxylic acid groups (broad SMARTS) is 1. The van der Waals surface area contributed by atoms with Crippen LogP contribution in [0.5, 0.6) is 11.5 Å². The fourth-order valence-corrected chi connectivity index (χ4v) is 6.79. The number of halogens is 3. The van der Waals surface area contributed by atoms with E-state index in [4.69, 9.17) is 9.15 Å². The van der Waals surface area contributed by atoms with Gasteiger partial charge in [0.15, 0.2) is 5.76 Å². The third kappa shape index (κ3) is 6.93. The van der Waals surface area contributed by atoms with Crippen molar-refractivity contribution in [3.8, 4) is 22.8 Å². The van der Waals surface area contributed by atoms with Gasteiger partial charge in [0.1, 0.15) is 17.1 Å². The quantitative estimate of drug-likeness (QED) is 0.107. The lowest BCUT2D eigenvalue weighted by Gasteiger charge is -2.24. The van der Waals surface area contributed by atoms with E-state index in [0.717, 1.165) is 31.0 Å². The summed E-state index contributed by atoms with van der Waals surface area (Å²) in [6, 6.07) is 23.4. The molecule has 1 aliphatic carbocycles. The molecule has 0 aliphatic heterocycles. The van der Waals surface area contributed by atoms with Crippen LogP contribution < -0.4 is 9.64 Å². The van der Waals surface area contributed by atoms with Crippen molar-refractivity contribution in [2.75, 3.05) is 4.90 Å². The molecule has 0 spiro atoms. The molecule has 0 radical (unpaired) electrons. The number of aromatic nitrogens is 1. The number of para-hydroxylation sites is 1. The number of hydrogen-bond donors (Lipinski definition) is 3. The van der Waals surface area contributed by atoms with E-state index >= 15 is 0 Å². The van der Waals surface area contributed by atoms with Gasteiger partial charge < -0.3 is 24.0 Å². The third-order valence-electron chi connectivity index (χ3n) is 8.09. The molecule has 248 valence electrons. The fraction of sp³-hybridized carbons (Fsp3) is 0.200. The number of aromatic carboxylic acids is 1. The maximum absolute atomic E-state index is 14.6. The molecule has 1 fully saturated rings. The normalized spacial score (nSPS) is 13.4. The molecule has 13 heteroatoms. The fourth-order valence-electron chi connectivity index (χ4n) is 5.45. The van der Waals surface area contributed by atoms with E-state index in [1.807, 2.05) is 6.07 Å². The molecule has 4 aromatic carbocycles. The summed E-state index contributed by atoms with van der Waals surface area (Å²) in [6.45, 7) is 2.23. The molecule has 6 rings (SSSR count). The number of aryl methyl sites for hydroxylation is 1. The Kier molecular flexibility index (Phi) is 9.28. The van der Waals surface area contributed by atoms with Gasteiger partial charge in [0.2, 0.25) is 0 Å². The first-order valence-electron chi connectivity index (χ1n) is 15.0. The van der Waals surface area contributed by atoms with Crippen LogP contribution in [0.4, 0.5) is 20.5 Å². The van der Waals surface area contributed by atoms with E-state index in [1.54, 1.807) is 53.6 Å². The summed E-state index contributed by atoms with van der Waals surface area (Å²) in [5.41, 5.74) is -0.766. The second kappa shape index (κ2) is 13.3. The predicted molar refractivity (Wildman–Crippen MR) is 179 cm³/mol. The number of hydrogen-bond acceptors (Lipinski definition) is 6. The van der Waals surface area contributed by atoms with Gasteiger partial charge in [-0.25, -0.2) is 9.78 Å². The standard InChI is InChI=1S/C35H30BrF2N2O7P/c1-2-22-13-14-25(18-28(22)23-11-12-23)40(20-21-10-15-29(30(36)16-21)35(37,38)48(43,44)45)34-39-19-32(47-34)24-6-5-7-26(17-24)46-31-9-4-3-8-27(31)33(41)42/h3-10,13-19,23H,2,11-12,20H2,1H3,(H,41,42)(H2,43,44,45). The van der Waals surface area contributed by atoms with Crippen molar-refractivity contribution >= 4 is 41.2 Å². The molecule has 5 aromatic rings. The number of ether oxygens (including phenoxy) is 1. The maximum Gasteiger partial charge on any atom is 0.399 e. The Morgan fingerprint density at radius 3 is 2.52 bits per heavy atom. The van der Waals surface area contributed by atoms with Crippen molar-refractivity contribution in [1.82, 2.24) is 4.98 Å². The minimum absolute atomic E-state index is 0.0188. The molecule has 0 bridgehead atoms. The monoisotopic (exact) mass is 738 g/mol. The van der Waals surface area contributed by atoms with Crippen LogP contribution >= 0.6 is 23.5 Å². The average molecular weight is 740 g/mol. The third-order valence-corrected chi connectivity index (χ3v) is 9.72. The molecule has 1 saturated carbocycles. The second-order valence-electron chi connectivity index (χ2n) is 11.4. The highest BCUT2D eigenvalue weighted by Gasteiger charge is 2.51. The zero-order chi connectivity index (χ0) is 34.2. The predicted octanol–water partition coefficient (Wildman–Crippen LogP) is 9.60. The van der Waals surface area contributed by atoms with Gasteiger partial charge in [-0.05, 0) is 84.3 Å². The molecule has 0 saturated heterocycles. The highest BCUT2D eigenvalue weighted by atomic mass is 79.9. The van der Waals surface area contributed by atoms with E-state index in [1.165, 1.54) is 29.3 Å². The smallest absolute Gasteiger partial charge is 0.399 e. The van der Waals surface area contributed by atoms with Crippen molar-refractivity contribution in [3.63, 3.8) is 0 Å². The number of carboxylic acids is 1. The molecular formula is C35H30BrF2N2O7P. The molecule has 0 amide bonds. The van der Waals surface area contributed by atoms with E-state index in [9.17, 15) is 33.0 Å². The van der Waals surface area contributed by atoms with Crippen molar-refractivity contribution in [2.24, 2.45) is 0 Å². The van der Waals surface area contributed by atoms with Crippen molar-refractivity contribution in [1.29, 1.82) is 0 Å². The molecule has 0 unspecified atom stereocenters. The summed E-state index contributed by atoms with van der Waals surface area (Å²) in [6.07, 6.45) is 4.61. The maximum atomic E-state index is 14.6. The van der Waals surface area contributed by atoms with E-state index in [2.05, 4.69) is 40.0 Å². The zero-order valence-electron chi connectivity index (χ0n) is 25.5. The number of carbonyl (C=O) groups is 1. The lowest BCUT2D eigenvalue weighted by molar-refractivity contribution is 0.0557. The van der Waals surface area contributed by atoms with Crippen LogP contribution in [-0.2, 0) is 23.2 Å². The van der Waals surface area contributed by atoms with Crippen LogP contribution in [0.25, 0.3) is 11.3 Å². The summed E-state index contributed by atoms with van der Waals surface area (Å²) in [5.74, 6) is 0.314. The van der Waals surface area contributed by atoms with E-state index in [-0.39, 0.29) is 28.3 Å². The first-order chi connectivity index (χ1) is 22.9. The molecule has 1 heterocycles. The lowest BCUT2D eigenvalue weighted by atomic mass is 10.00. The van der Waals surface area contributed by atoms with Crippen molar-refractivity contribution in [3.05, 3.63) is 123 Å². The van der Waals surface area contributed by atoms with Crippen LogP contribution in [0.3, 0.4) is 0 Å². The van der Waals surface area contributed by atoms with E-state index in [0.29, 0.717) is 28.6 Å². The van der Waals surface area contributed by atoms with E-state index < -0.39 is 24.8 Å². The zero-order valence-corrected chi connectivity index (χ0v) is 28.0. The number of anilines is 2. The van der Waals surface area contributed by atoms with Gasteiger partial charge in [-0.3, -0.25) is 9.46 Å². The Balaban J connectivity index is 1.35. The van der Waals surface area contributed by atoms with Gasteiger partial charge in [-0.15, -0.1) is 0 Å². The Bertz CT molecular complexity index is 2040. The largest absolute Gasteiger partial charge is 0.478 e. The molecular weight excluding hydrogens is 709 g/mol. The van der Waals surface area contributed by atoms with Crippen LogP contribution in [-0.4, -0.2) is 25.8 Å². The van der Waals surface area contributed by atoms with Crippen LogP contribution in [0, 0.1) is 0 Å². The summed E-state index contributed by atoms with van der Waals surface area (Å²) in [4.78, 5) is 36.5.